The molecule has 0 unspecified atom stereocenters. The second kappa shape index (κ2) is 5.99. The molecule has 0 saturated carbocycles. The first-order valence-electron chi connectivity index (χ1n) is 5.99. The van der Waals surface area contributed by atoms with Crippen LogP contribution < -0.4 is 4.74 Å². The van der Waals surface area contributed by atoms with Gasteiger partial charge in [-0.1, -0.05) is 32.9 Å². The van der Waals surface area contributed by atoms with Gasteiger partial charge in [0.05, 0.1) is 0 Å². The number of carbonyl (C=O) groups is 1. The van der Waals surface area contributed by atoms with E-state index in [0.717, 1.165) is 5.56 Å². The molecule has 0 atom stereocenters. The largest absolute Gasteiger partial charge is 0.435 e. The summed E-state index contributed by atoms with van der Waals surface area (Å²) in [6, 6.07) is 6.28. The zero-order valence-corrected chi connectivity index (χ0v) is 11.6. The molecular formula is C14H19F2NO2. The highest BCUT2D eigenvalue weighted by atomic mass is 19.3. The Morgan fingerprint density at radius 1 is 1.26 bits per heavy atom. The van der Waals surface area contributed by atoms with Crippen molar-refractivity contribution < 1.29 is 18.3 Å². The second-order valence-corrected chi connectivity index (χ2v) is 5.43. The van der Waals surface area contributed by atoms with Crippen molar-refractivity contribution in [3.05, 3.63) is 29.8 Å². The summed E-state index contributed by atoms with van der Waals surface area (Å²) < 4.78 is 28.2. The van der Waals surface area contributed by atoms with Crippen molar-refractivity contribution >= 4 is 5.91 Å². The molecule has 0 aliphatic rings. The molecule has 0 aliphatic carbocycles. The van der Waals surface area contributed by atoms with Crippen LogP contribution in [0, 0.1) is 5.41 Å². The summed E-state index contributed by atoms with van der Waals surface area (Å²) in [5.74, 6) is 0.143. The Morgan fingerprint density at radius 3 is 2.21 bits per heavy atom. The fraction of sp³-hybridized carbons (Fsp3) is 0.500. The summed E-state index contributed by atoms with van der Waals surface area (Å²) in [6.45, 7) is 3.17. The molecule has 0 saturated heterocycles. The molecule has 1 rings (SSSR count). The van der Waals surface area contributed by atoms with E-state index in [9.17, 15) is 13.6 Å². The van der Waals surface area contributed by atoms with Crippen molar-refractivity contribution in [2.24, 2.45) is 5.41 Å². The molecule has 0 N–H and O–H groups in total. The van der Waals surface area contributed by atoms with E-state index in [2.05, 4.69) is 4.74 Å². The summed E-state index contributed by atoms with van der Waals surface area (Å²) in [5.41, 5.74) is 0.426. The average Bonchev–Trinajstić information content (AvgIpc) is 2.28. The van der Waals surface area contributed by atoms with Gasteiger partial charge in [0.1, 0.15) is 5.75 Å². The van der Waals surface area contributed by atoms with E-state index >= 15 is 0 Å². The van der Waals surface area contributed by atoms with E-state index in [1.807, 2.05) is 20.8 Å². The predicted molar refractivity (Wildman–Crippen MR) is 69.0 cm³/mol. The van der Waals surface area contributed by atoms with Crippen molar-refractivity contribution in [2.45, 2.75) is 33.9 Å². The normalized spacial score (nSPS) is 11.5. The van der Waals surface area contributed by atoms with Crippen LogP contribution in [0.1, 0.15) is 26.3 Å². The van der Waals surface area contributed by atoms with Gasteiger partial charge in [0.15, 0.2) is 0 Å². The van der Waals surface area contributed by atoms with Gasteiger partial charge in [-0.2, -0.15) is 8.78 Å². The molecule has 0 bridgehead atoms. The first-order valence-corrected chi connectivity index (χ1v) is 5.99. The lowest BCUT2D eigenvalue weighted by Gasteiger charge is -2.26. The quantitative estimate of drug-likeness (QED) is 0.841. The van der Waals surface area contributed by atoms with Crippen molar-refractivity contribution in [3.63, 3.8) is 0 Å². The first kappa shape index (κ1) is 15.4. The van der Waals surface area contributed by atoms with E-state index < -0.39 is 12.0 Å². The summed E-state index contributed by atoms with van der Waals surface area (Å²) in [4.78, 5) is 13.6. The third-order valence-electron chi connectivity index (χ3n) is 2.56. The number of benzene rings is 1. The minimum atomic E-state index is -2.82. The van der Waals surface area contributed by atoms with Crippen molar-refractivity contribution in [1.29, 1.82) is 0 Å². The number of carbonyl (C=O) groups excluding carboxylic acids is 1. The van der Waals surface area contributed by atoms with E-state index in [0.29, 0.717) is 6.54 Å². The first-order chi connectivity index (χ1) is 8.70. The highest BCUT2D eigenvalue weighted by molar-refractivity contribution is 5.81. The lowest BCUT2D eigenvalue weighted by molar-refractivity contribution is -0.138. The van der Waals surface area contributed by atoms with Crippen LogP contribution >= 0.6 is 0 Å². The van der Waals surface area contributed by atoms with E-state index in [1.54, 1.807) is 24.1 Å². The number of alkyl halides is 2. The number of halogens is 2. The summed E-state index contributed by atoms with van der Waals surface area (Å²) >= 11 is 0. The second-order valence-electron chi connectivity index (χ2n) is 5.43. The molecule has 0 aliphatic heterocycles. The molecule has 1 aromatic carbocycles. The van der Waals surface area contributed by atoms with Gasteiger partial charge in [0, 0.05) is 19.0 Å². The van der Waals surface area contributed by atoms with Gasteiger partial charge < -0.3 is 9.64 Å². The maximum Gasteiger partial charge on any atom is 0.387 e. The fourth-order valence-corrected chi connectivity index (χ4v) is 1.69. The third-order valence-corrected chi connectivity index (χ3v) is 2.56. The predicted octanol–water partition coefficient (Wildman–Crippen LogP) is 3.29. The van der Waals surface area contributed by atoms with Crippen LogP contribution in [0.5, 0.6) is 5.75 Å². The van der Waals surface area contributed by atoms with Crippen LogP contribution in [0.15, 0.2) is 24.3 Å². The van der Waals surface area contributed by atoms with Crippen LogP contribution in [0.2, 0.25) is 0 Å². The van der Waals surface area contributed by atoms with Gasteiger partial charge in [-0.25, -0.2) is 0 Å². The lowest BCUT2D eigenvalue weighted by Crippen LogP contribution is -2.36. The monoisotopic (exact) mass is 271 g/mol. The highest BCUT2D eigenvalue weighted by Crippen LogP contribution is 2.19. The van der Waals surface area contributed by atoms with Gasteiger partial charge in [0.25, 0.3) is 0 Å². The molecule has 106 valence electrons. The van der Waals surface area contributed by atoms with Crippen LogP contribution in [0.25, 0.3) is 0 Å². The van der Waals surface area contributed by atoms with E-state index in [-0.39, 0.29) is 11.7 Å². The van der Waals surface area contributed by atoms with Crippen molar-refractivity contribution in [1.82, 2.24) is 4.90 Å². The Kier molecular flexibility index (Phi) is 4.86. The van der Waals surface area contributed by atoms with E-state index in [1.165, 1.54) is 12.1 Å². The lowest BCUT2D eigenvalue weighted by atomic mass is 9.95. The Labute approximate surface area is 112 Å². The van der Waals surface area contributed by atoms with E-state index in [4.69, 9.17) is 0 Å². The average molecular weight is 271 g/mol. The molecular weight excluding hydrogens is 252 g/mol. The maximum absolute atomic E-state index is 12.0. The number of amides is 1. The summed E-state index contributed by atoms with van der Waals surface area (Å²) in [7, 11) is 1.72. The van der Waals surface area contributed by atoms with Crippen LogP contribution in [0.4, 0.5) is 8.78 Å². The highest BCUT2D eigenvalue weighted by Gasteiger charge is 2.24. The SMILES string of the molecule is CN(Cc1ccc(OC(F)F)cc1)C(=O)C(C)(C)C. The zero-order valence-electron chi connectivity index (χ0n) is 11.6. The number of ether oxygens (including phenoxy) is 1. The van der Waals surface area contributed by atoms with Gasteiger partial charge in [-0.3, -0.25) is 4.79 Å². The standard InChI is InChI=1S/C14H19F2NO2/c1-14(2,3)12(18)17(4)9-10-5-7-11(8-6-10)19-13(15)16/h5-8,13H,9H2,1-4H3. The maximum atomic E-state index is 12.0. The van der Waals surface area contributed by atoms with Crippen molar-refractivity contribution in [2.75, 3.05) is 7.05 Å². The van der Waals surface area contributed by atoms with Crippen molar-refractivity contribution in [3.8, 4) is 5.75 Å². The molecule has 0 radical (unpaired) electrons. The van der Waals surface area contributed by atoms with Gasteiger partial charge in [0.2, 0.25) is 5.91 Å². The van der Waals surface area contributed by atoms with Gasteiger partial charge in [-0.05, 0) is 17.7 Å². The third kappa shape index (κ3) is 4.85. The zero-order chi connectivity index (χ0) is 14.6. The summed E-state index contributed by atoms with van der Waals surface area (Å²) in [5, 5.41) is 0. The fourth-order valence-electron chi connectivity index (χ4n) is 1.69. The molecule has 0 spiro atoms. The summed E-state index contributed by atoms with van der Waals surface area (Å²) in [6.07, 6.45) is 0. The minimum Gasteiger partial charge on any atom is -0.435 e. The number of hydrogen-bond acceptors (Lipinski definition) is 2. The molecule has 0 fully saturated rings. The van der Waals surface area contributed by atoms with Crippen LogP contribution in [-0.2, 0) is 11.3 Å². The Morgan fingerprint density at radius 2 is 1.79 bits per heavy atom. The molecule has 5 heteroatoms. The number of rotatable bonds is 4. The molecule has 19 heavy (non-hydrogen) atoms. The topological polar surface area (TPSA) is 29.5 Å². The number of hydrogen-bond donors (Lipinski definition) is 0. The Balaban J connectivity index is 2.65. The molecule has 0 aromatic heterocycles. The minimum absolute atomic E-state index is 0.0282. The molecule has 1 aromatic rings. The van der Waals surface area contributed by atoms with Crippen LogP contribution in [-0.4, -0.2) is 24.5 Å². The molecule has 0 heterocycles. The van der Waals surface area contributed by atoms with Gasteiger partial charge >= 0.3 is 6.61 Å². The Bertz CT molecular complexity index is 424. The number of nitrogens with zero attached hydrogens (tertiary/aromatic N) is 1. The molecule has 1 amide bonds. The van der Waals surface area contributed by atoms with Gasteiger partial charge in [-0.15, -0.1) is 0 Å². The smallest absolute Gasteiger partial charge is 0.387 e. The Hall–Kier alpha value is -1.65. The van der Waals surface area contributed by atoms with Crippen LogP contribution in [0.3, 0.4) is 0 Å². The molecule has 3 nitrogen and oxygen atoms in total.